The molecule has 0 aliphatic carbocycles. The fraction of sp³-hybridized carbons (Fsp3) is 0.953. The second kappa shape index (κ2) is 76.1. The number of carbonyl (C=O) groups is 4. The number of hydrogen-bond acceptors (Lipinski definition) is 15. The van der Waals surface area contributed by atoms with Gasteiger partial charge in [0.2, 0.25) is 0 Å². The average molecular weight is 1540 g/mol. The average Bonchev–Trinajstić information content (AvgIpc) is 0.938. The van der Waals surface area contributed by atoms with Crippen molar-refractivity contribution in [2.75, 3.05) is 39.6 Å². The zero-order chi connectivity index (χ0) is 77.2. The molecule has 624 valence electrons. The monoisotopic (exact) mass is 1540 g/mol. The molecule has 0 aromatic carbocycles. The Hall–Kier alpha value is -1.94. The van der Waals surface area contributed by atoms with Crippen LogP contribution in [-0.4, -0.2) is 96.7 Å². The molecule has 0 aromatic rings. The van der Waals surface area contributed by atoms with Gasteiger partial charge in [-0.15, -0.1) is 0 Å². The first-order valence-corrected chi connectivity index (χ1v) is 47.4. The van der Waals surface area contributed by atoms with Gasteiger partial charge in [0.05, 0.1) is 26.4 Å². The van der Waals surface area contributed by atoms with Crippen molar-refractivity contribution in [2.45, 2.75) is 471 Å². The summed E-state index contributed by atoms with van der Waals surface area (Å²) in [5.41, 5.74) is 0. The highest BCUT2D eigenvalue weighted by Crippen LogP contribution is 2.45. The molecule has 0 aliphatic heterocycles. The van der Waals surface area contributed by atoms with Crippen LogP contribution in [0.4, 0.5) is 0 Å². The molecule has 7 atom stereocenters. The summed E-state index contributed by atoms with van der Waals surface area (Å²) in [5.74, 6) is 0.250. The molecule has 3 N–H and O–H groups in total. The Morgan fingerprint density at radius 2 is 0.486 bits per heavy atom. The van der Waals surface area contributed by atoms with Crippen LogP contribution in [0.5, 0.6) is 0 Å². The smallest absolute Gasteiger partial charge is 0.462 e. The Labute approximate surface area is 645 Å². The molecule has 0 radical (unpaired) electrons. The third kappa shape index (κ3) is 77.2. The number of esters is 4. The van der Waals surface area contributed by atoms with Gasteiger partial charge >= 0.3 is 39.5 Å². The largest absolute Gasteiger partial charge is 0.472 e. The molecule has 0 aliphatic rings. The summed E-state index contributed by atoms with van der Waals surface area (Å²) in [7, 11) is -9.93. The fourth-order valence-corrected chi connectivity index (χ4v) is 14.9. The number of phosphoric ester groups is 2. The molecule has 4 unspecified atom stereocenters. The van der Waals surface area contributed by atoms with Gasteiger partial charge in [0.15, 0.2) is 12.2 Å². The van der Waals surface area contributed by atoms with Crippen LogP contribution in [0.2, 0.25) is 0 Å². The molecule has 0 saturated heterocycles. The molecule has 17 nitrogen and oxygen atoms in total. The molecule has 105 heavy (non-hydrogen) atoms. The number of carbonyl (C=O) groups excluding carboxylic acids is 4. The molecule has 0 aromatic heterocycles. The third-order valence-corrected chi connectivity index (χ3v) is 22.8. The van der Waals surface area contributed by atoms with E-state index in [0.717, 1.165) is 114 Å². The Morgan fingerprint density at radius 3 is 0.724 bits per heavy atom. The van der Waals surface area contributed by atoms with Crippen molar-refractivity contribution in [3.63, 3.8) is 0 Å². The van der Waals surface area contributed by atoms with Gasteiger partial charge in [0.1, 0.15) is 19.3 Å². The van der Waals surface area contributed by atoms with E-state index in [1.54, 1.807) is 0 Å². The van der Waals surface area contributed by atoms with Crippen molar-refractivity contribution in [3.8, 4) is 0 Å². The van der Waals surface area contributed by atoms with E-state index in [0.29, 0.717) is 25.7 Å². The lowest BCUT2D eigenvalue weighted by Crippen LogP contribution is -2.30. The molecule has 0 heterocycles. The molecule has 0 fully saturated rings. The number of hydrogen-bond donors (Lipinski definition) is 3. The Kier molecular flexibility index (Phi) is 74.7. The van der Waals surface area contributed by atoms with E-state index in [2.05, 4.69) is 48.5 Å². The van der Waals surface area contributed by atoms with E-state index in [-0.39, 0.29) is 25.7 Å². The highest BCUT2D eigenvalue weighted by molar-refractivity contribution is 7.47. The van der Waals surface area contributed by atoms with E-state index in [9.17, 15) is 43.2 Å². The third-order valence-electron chi connectivity index (χ3n) is 20.9. The van der Waals surface area contributed by atoms with Crippen LogP contribution in [0.25, 0.3) is 0 Å². The highest BCUT2D eigenvalue weighted by atomic mass is 31.2. The van der Waals surface area contributed by atoms with Crippen molar-refractivity contribution in [1.29, 1.82) is 0 Å². The fourth-order valence-electron chi connectivity index (χ4n) is 13.3. The summed E-state index contributed by atoms with van der Waals surface area (Å²) in [6.07, 6.45) is 66.7. The maximum absolute atomic E-state index is 13.1. The molecule has 0 rings (SSSR count). The van der Waals surface area contributed by atoms with Crippen molar-refractivity contribution >= 4 is 39.5 Å². The molecular formula is C86H168O17P2. The minimum absolute atomic E-state index is 0.106. The second-order valence-electron chi connectivity index (χ2n) is 31.9. The van der Waals surface area contributed by atoms with Gasteiger partial charge in [-0.3, -0.25) is 37.3 Å². The minimum atomic E-state index is -4.97. The second-order valence-corrected chi connectivity index (χ2v) is 34.8. The predicted octanol–water partition coefficient (Wildman–Crippen LogP) is 26.1. The quantitative estimate of drug-likeness (QED) is 0.0222. The van der Waals surface area contributed by atoms with Crippen LogP contribution in [0.3, 0.4) is 0 Å². The lowest BCUT2D eigenvalue weighted by Gasteiger charge is -2.21. The first-order valence-electron chi connectivity index (χ1n) is 44.4. The van der Waals surface area contributed by atoms with Crippen LogP contribution < -0.4 is 0 Å². The van der Waals surface area contributed by atoms with Gasteiger partial charge in [0.25, 0.3) is 0 Å². The summed E-state index contributed by atoms with van der Waals surface area (Å²) < 4.78 is 68.9. The number of ether oxygens (including phenoxy) is 4. The number of aliphatic hydroxyl groups excluding tert-OH is 1. The standard InChI is InChI=1S/C86H168O17P2/c1-8-11-12-13-14-15-16-17-18-19-20-21-22-23-24-25-30-36-41-46-55-62-69-85(90)102-81(73-96-83(88)67-60-53-45-40-35-29-27-26-28-34-39-44-51-58-65-78(6)9-2)75-100-104(92,93)98-71-80(87)72-99-105(94,95)101-76-82(74-97-84(89)68-61-54-49-48-52-59-66-79(7)10-3)103-86(91)70-63-56-47-42-37-32-31-33-38-43-50-57-64-77(4)5/h77-82,87H,8-76H2,1-7H3,(H,92,93)(H,94,95)/t78?,79?,80-,81-,82-/m1/s1. The summed E-state index contributed by atoms with van der Waals surface area (Å²) >= 11 is 0. The molecule has 0 bridgehead atoms. The van der Waals surface area contributed by atoms with Gasteiger partial charge in [-0.25, -0.2) is 9.13 Å². The van der Waals surface area contributed by atoms with Gasteiger partial charge in [-0.2, -0.15) is 0 Å². The maximum Gasteiger partial charge on any atom is 0.472 e. The first-order chi connectivity index (χ1) is 50.8. The van der Waals surface area contributed by atoms with Crippen LogP contribution in [-0.2, 0) is 65.4 Å². The van der Waals surface area contributed by atoms with Crippen LogP contribution in [0.15, 0.2) is 0 Å². The van der Waals surface area contributed by atoms with Gasteiger partial charge in [-0.1, -0.05) is 402 Å². The first kappa shape index (κ1) is 103. The Balaban J connectivity index is 5.23. The summed E-state index contributed by atoms with van der Waals surface area (Å²) in [5, 5.41) is 10.7. The number of aliphatic hydroxyl groups is 1. The Bertz CT molecular complexity index is 2030. The normalized spacial score (nSPS) is 14.4. The van der Waals surface area contributed by atoms with Crippen LogP contribution in [0, 0.1) is 17.8 Å². The topological polar surface area (TPSA) is 237 Å². The van der Waals surface area contributed by atoms with Gasteiger partial charge in [-0.05, 0) is 43.4 Å². The van der Waals surface area contributed by atoms with E-state index in [1.165, 1.54) is 257 Å². The SMILES string of the molecule is CCCCCCCCCCCCCCCCCCCCCCCCC(=O)O[C@H](COC(=O)CCCCCCCCCCCCCCCCC(C)CC)COP(=O)(O)OC[C@@H](O)COP(=O)(O)OC[C@@H](COC(=O)CCCCCCCCC(C)CC)OC(=O)CCCCCCCCCCCCCCC(C)C. The molecule has 19 heteroatoms. The number of unbranched alkanes of at least 4 members (excludes halogenated alkanes) is 50. The maximum atomic E-state index is 13.1. The van der Waals surface area contributed by atoms with Crippen molar-refractivity contribution in [2.24, 2.45) is 17.8 Å². The van der Waals surface area contributed by atoms with Gasteiger partial charge < -0.3 is 33.8 Å². The Morgan fingerprint density at radius 1 is 0.276 bits per heavy atom. The van der Waals surface area contributed by atoms with E-state index in [4.69, 9.17) is 37.0 Å². The molecular weight excluding hydrogens is 1370 g/mol. The van der Waals surface area contributed by atoms with Crippen LogP contribution >= 0.6 is 15.6 Å². The van der Waals surface area contributed by atoms with E-state index >= 15 is 0 Å². The molecule has 0 amide bonds. The highest BCUT2D eigenvalue weighted by Gasteiger charge is 2.30. The molecule has 0 spiro atoms. The summed E-state index contributed by atoms with van der Waals surface area (Å²) in [4.78, 5) is 73.2. The number of rotatable bonds is 84. The van der Waals surface area contributed by atoms with Crippen molar-refractivity contribution in [3.05, 3.63) is 0 Å². The minimum Gasteiger partial charge on any atom is -0.462 e. The summed E-state index contributed by atoms with van der Waals surface area (Å²) in [6.45, 7) is 12.0. The van der Waals surface area contributed by atoms with E-state index in [1.807, 2.05) is 0 Å². The number of phosphoric acid groups is 2. The predicted molar refractivity (Wildman–Crippen MR) is 432 cm³/mol. The van der Waals surface area contributed by atoms with Crippen molar-refractivity contribution in [1.82, 2.24) is 0 Å². The lowest BCUT2D eigenvalue weighted by molar-refractivity contribution is -0.161. The summed E-state index contributed by atoms with van der Waals surface area (Å²) in [6, 6.07) is 0. The van der Waals surface area contributed by atoms with Gasteiger partial charge in [0, 0.05) is 25.7 Å². The van der Waals surface area contributed by atoms with Crippen molar-refractivity contribution < 1.29 is 80.2 Å². The lowest BCUT2D eigenvalue weighted by atomic mass is 9.99. The van der Waals surface area contributed by atoms with Crippen LogP contribution in [0.1, 0.15) is 453 Å². The molecule has 0 saturated carbocycles. The zero-order valence-corrected chi connectivity index (χ0v) is 71.0. The van der Waals surface area contributed by atoms with E-state index < -0.39 is 97.5 Å². The zero-order valence-electron chi connectivity index (χ0n) is 69.2.